The molecule has 86 valence electrons. The number of carboxylic acid groups (broad SMARTS) is 1. The molecule has 0 radical (unpaired) electrons. The molecule has 4 nitrogen and oxygen atoms in total. The molecule has 1 aromatic rings. The van der Waals surface area contributed by atoms with Gasteiger partial charge in [-0.05, 0) is 12.5 Å². The Balaban J connectivity index is 3.09. The van der Waals surface area contributed by atoms with Crippen molar-refractivity contribution in [2.75, 3.05) is 0 Å². The highest BCUT2D eigenvalue weighted by Crippen LogP contribution is 2.29. The number of carbonyl (C=O) groups is 2. The van der Waals surface area contributed by atoms with Crippen LogP contribution in [0.15, 0.2) is 30.3 Å². The Kier molecular flexibility index (Phi) is 3.79. The summed E-state index contributed by atoms with van der Waals surface area (Å²) in [5, 5.41) is 9.06. The van der Waals surface area contributed by atoms with Crippen molar-refractivity contribution >= 4 is 12.3 Å². The summed E-state index contributed by atoms with van der Waals surface area (Å²) in [5.74, 6) is -1.62. The molecule has 16 heavy (non-hydrogen) atoms. The summed E-state index contributed by atoms with van der Waals surface area (Å²) in [6, 6.07) is 8.98. The van der Waals surface area contributed by atoms with Crippen molar-refractivity contribution in [3.63, 3.8) is 0 Å². The first kappa shape index (κ1) is 12.4. The van der Waals surface area contributed by atoms with Crippen LogP contribution in [0, 0.1) is 0 Å². The summed E-state index contributed by atoms with van der Waals surface area (Å²) in [6.45, 7) is 1.43. The highest BCUT2D eigenvalue weighted by molar-refractivity contribution is 5.80. The molecule has 0 heterocycles. The molecule has 0 fully saturated rings. The fourth-order valence-electron chi connectivity index (χ4n) is 1.66. The Labute approximate surface area is 94.1 Å². The molecule has 1 aromatic carbocycles. The predicted octanol–water partition coefficient (Wildman–Crippen LogP) is 1.16. The molecule has 1 rings (SSSR count). The average molecular weight is 221 g/mol. The van der Waals surface area contributed by atoms with Gasteiger partial charge in [0.1, 0.15) is 11.8 Å². The van der Waals surface area contributed by atoms with Gasteiger partial charge in [0.25, 0.3) is 0 Å². The number of aliphatic carboxylic acids is 1. The zero-order valence-electron chi connectivity index (χ0n) is 9.09. The Hall–Kier alpha value is -1.68. The Morgan fingerprint density at radius 3 is 2.50 bits per heavy atom. The second-order valence-corrected chi connectivity index (χ2v) is 3.95. The molecule has 3 N–H and O–H groups in total. The summed E-state index contributed by atoms with van der Waals surface area (Å²) < 4.78 is 0. The minimum atomic E-state index is -1.44. The molecule has 0 aliphatic heterocycles. The van der Waals surface area contributed by atoms with Gasteiger partial charge in [0.15, 0.2) is 0 Å². The summed E-state index contributed by atoms with van der Waals surface area (Å²) in [4.78, 5) is 21.7. The number of nitrogens with two attached hydrogens (primary N) is 1. The number of aldehydes is 1. The first-order valence-electron chi connectivity index (χ1n) is 5.01. The van der Waals surface area contributed by atoms with E-state index >= 15 is 0 Å². The van der Waals surface area contributed by atoms with E-state index in [1.54, 1.807) is 24.3 Å². The van der Waals surface area contributed by atoms with Gasteiger partial charge >= 0.3 is 5.97 Å². The normalized spacial score (nSPS) is 16.1. The van der Waals surface area contributed by atoms with Crippen LogP contribution in [0.4, 0.5) is 0 Å². The number of benzene rings is 1. The number of rotatable bonds is 5. The van der Waals surface area contributed by atoms with Crippen LogP contribution in [-0.4, -0.2) is 22.9 Å². The Morgan fingerprint density at radius 1 is 1.50 bits per heavy atom. The average Bonchev–Trinajstić information content (AvgIpc) is 2.26. The largest absolute Gasteiger partial charge is 0.480 e. The molecule has 0 aliphatic carbocycles. The fraction of sp³-hybridized carbons (Fsp3) is 0.333. The third-order valence-corrected chi connectivity index (χ3v) is 2.72. The maximum Gasteiger partial charge on any atom is 0.324 e. The van der Waals surface area contributed by atoms with E-state index in [2.05, 4.69) is 0 Å². The summed E-state index contributed by atoms with van der Waals surface area (Å²) in [7, 11) is 0. The lowest BCUT2D eigenvalue weighted by atomic mass is 9.79. The molecule has 0 amide bonds. The standard InChI is InChI=1S/C12H15NO3/c1-12(13,11(15)16)10(7-8-14)9-5-3-2-4-6-9/h2-6,8,10H,7,13H2,1H3,(H,15,16). The van der Waals surface area contributed by atoms with Gasteiger partial charge in [-0.3, -0.25) is 4.79 Å². The van der Waals surface area contributed by atoms with Gasteiger partial charge in [-0.25, -0.2) is 0 Å². The number of hydrogen-bond donors (Lipinski definition) is 2. The molecular weight excluding hydrogens is 206 g/mol. The van der Waals surface area contributed by atoms with Crippen molar-refractivity contribution < 1.29 is 14.7 Å². The lowest BCUT2D eigenvalue weighted by molar-refractivity contribution is -0.143. The van der Waals surface area contributed by atoms with E-state index in [9.17, 15) is 9.59 Å². The van der Waals surface area contributed by atoms with Gasteiger partial charge in [0.05, 0.1) is 0 Å². The van der Waals surface area contributed by atoms with E-state index in [0.717, 1.165) is 5.56 Å². The SMILES string of the molecule is CC(N)(C(=O)O)C(CC=O)c1ccccc1. The molecule has 0 spiro atoms. The quantitative estimate of drug-likeness (QED) is 0.731. The van der Waals surface area contributed by atoms with Gasteiger partial charge < -0.3 is 15.6 Å². The van der Waals surface area contributed by atoms with Crippen molar-refractivity contribution in [1.82, 2.24) is 0 Å². The molecule has 4 heteroatoms. The number of hydrogen-bond acceptors (Lipinski definition) is 3. The van der Waals surface area contributed by atoms with Crippen LogP contribution < -0.4 is 5.73 Å². The van der Waals surface area contributed by atoms with Crippen LogP contribution >= 0.6 is 0 Å². The van der Waals surface area contributed by atoms with Gasteiger partial charge in [0.2, 0.25) is 0 Å². The van der Waals surface area contributed by atoms with E-state index in [1.807, 2.05) is 6.07 Å². The highest BCUT2D eigenvalue weighted by Gasteiger charge is 2.38. The van der Waals surface area contributed by atoms with Gasteiger partial charge in [-0.2, -0.15) is 0 Å². The summed E-state index contributed by atoms with van der Waals surface area (Å²) in [5.41, 5.74) is 5.09. The van der Waals surface area contributed by atoms with Crippen molar-refractivity contribution in [3.05, 3.63) is 35.9 Å². The topological polar surface area (TPSA) is 80.4 Å². The first-order valence-corrected chi connectivity index (χ1v) is 5.01. The van der Waals surface area contributed by atoms with Gasteiger partial charge in [-0.15, -0.1) is 0 Å². The third kappa shape index (κ3) is 2.46. The Morgan fingerprint density at radius 2 is 2.06 bits per heavy atom. The molecule has 0 aromatic heterocycles. The molecule has 0 bridgehead atoms. The van der Waals surface area contributed by atoms with Gasteiger partial charge in [0, 0.05) is 12.3 Å². The lowest BCUT2D eigenvalue weighted by Gasteiger charge is -2.29. The molecule has 2 atom stereocenters. The van der Waals surface area contributed by atoms with E-state index in [-0.39, 0.29) is 6.42 Å². The predicted molar refractivity (Wildman–Crippen MR) is 60.1 cm³/mol. The minimum absolute atomic E-state index is 0.101. The second-order valence-electron chi connectivity index (χ2n) is 3.95. The number of carbonyl (C=O) groups excluding carboxylic acids is 1. The van der Waals surface area contributed by atoms with Crippen LogP contribution in [0.25, 0.3) is 0 Å². The second kappa shape index (κ2) is 4.90. The van der Waals surface area contributed by atoms with E-state index in [0.29, 0.717) is 6.29 Å². The maximum absolute atomic E-state index is 11.1. The summed E-state index contributed by atoms with van der Waals surface area (Å²) in [6.07, 6.45) is 0.801. The zero-order valence-corrected chi connectivity index (χ0v) is 9.09. The third-order valence-electron chi connectivity index (χ3n) is 2.72. The van der Waals surface area contributed by atoms with E-state index < -0.39 is 17.4 Å². The van der Waals surface area contributed by atoms with Crippen molar-refractivity contribution in [2.45, 2.75) is 24.8 Å². The van der Waals surface area contributed by atoms with E-state index in [1.165, 1.54) is 6.92 Å². The monoisotopic (exact) mass is 221 g/mol. The molecule has 2 unspecified atom stereocenters. The molecule has 0 saturated heterocycles. The van der Waals surface area contributed by atoms with Crippen LogP contribution in [0.2, 0.25) is 0 Å². The highest BCUT2D eigenvalue weighted by atomic mass is 16.4. The first-order chi connectivity index (χ1) is 7.50. The van der Waals surface area contributed by atoms with E-state index in [4.69, 9.17) is 10.8 Å². The van der Waals surface area contributed by atoms with Crippen molar-refractivity contribution in [2.24, 2.45) is 5.73 Å². The van der Waals surface area contributed by atoms with Crippen molar-refractivity contribution in [1.29, 1.82) is 0 Å². The minimum Gasteiger partial charge on any atom is -0.480 e. The maximum atomic E-state index is 11.1. The molecular formula is C12H15NO3. The zero-order chi connectivity index (χ0) is 12.2. The number of carboxylic acids is 1. The van der Waals surface area contributed by atoms with Crippen LogP contribution in [0.5, 0.6) is 0 Å². The van der Waals surface area contributed by atoms with Crippen molar-refractivity contribution in [3.8, 4) is 0 Å². The van der Waals surface area contributed by atoms with Crippen LogP contribution in [0.3, 0.4) is 0 Å². The molecule has 0 aliphatic rings. The molecule has 0 saturated carbocycles. The fourth-order valence-corrected chi connectivity index (χ4v) is 1.66. The van der Waals surface area contributed by atoms with Crippen LogP contribution in [0.1, 0.15) is 24.8 Å². The van der Waals surface area contributed by atoms with Gasteiger partial charge in [-0.1, -0.05) is 30.3 Å². The Bertz CT molecular complexity index is 373. The lowest BCUT2D eigenvalue weighted by Crippen LogP contribution is -2.50. The van der Waals surface area contributed by atoms with Crippen LogP contribution in [-0.2, 0) is 9.59 Å². The summed E-state index contributed by atoms with van der Waals surface area (Å²) >= 11 is 0. The smallest absolute Gasteiger partial charge is 0.324 e.